The Morgan fingerprint density at radius 2 is 1.17 bits per heavy atom. The van der Waals surface area contributed by atoms with Gasteiger partial charge in [0, 0.05) is 5.57 Å². The second-order valence-corrected chi connectivity index (χ2v) is 9.60. The third-order valence-electron chi connectivity index (χ3n) is 5.92. The van der Waals surface area contributed by atoms with Crippen LogP contribution in [-0.2, 0) is 9.53 Å². The van der Waals surface area contributed by atoms with Gasteiger partial charge in [-0.2, -0.15) is 0 Å². The van der Waals surface area contributed by atoms with E-state index in [4.69, 9.17) is 4.74 Å². The number of ether oxygens (including phenoxy) is 1. The minimum Gasteiger partial charge on any atom is -0.462 e. The van der Waals surface area contributed by atoms with Crippen LogP contribution in [0.15, 0.2) is 12.2 Å². The zero-order valence-corrected chi connectivity index (χ0v) is 20.4. The van der Waals surface area contributed by atoms with E-state index >= 15 is 0 Å². The first-order valence-electron chi connectivity index (χ1n) is 12.8. The highest BCUT2D eigenvalue weighted by molar-refractivity contribution is 5.86. The van der Waals surface area contributed by atoms with Gasteiger partial charge in [-0.3, -0.25) is 0 Å². The molecule has 0 fully saturated rings. The topological polar surface area (TPSA) is 26.3 Å². The number of hydrogen-bond acceptors (Lipinski definition) is 2. The Bertz CT molecular complexity index is 386. The summed E-state index contributed by atoms with van der Waals surface area (Å²) in [6, 6.07) is 0. The van der Waals surface area contributed by atoms with Crippen LogP contribution in [0.25, 0.3) is 0 Å². The number of rotatable bonds is 21. The minimum atomic E-state index is -0.236. The van der Waals surface area contributed by atoms with E-state index < -0.39 is 0 Å². The molecule has 0 bridgehead atoms. The summed E-state index contributed by atoms with van der Waals surface area (Å²) in [4.78, 5) is 11.7. The monoisotopic (exact) mass is 408 g/mol. The molecule has 1 unspecified atom stereocenters. The van der Waals surface area contributed by atoms with Crippen LogP contribution < -0.4 is 0 Å². The van der Waals surface area contributed by atoms with E-state index in [2.05, 4.69) is 27.4 Å². The molecule has 0 rings (SSSR count). The van der Waals surface area contributed by atoms with Crippen LogP contribution in [-0.4, -0.2) is 12.6 Å². The Morgan fingerprint density at radius 3 is 1.59 bits per heavy atom. The molecule has 0 aromatic rings. The molecular formula is C27H52O2. The molecule has 0 spiro atoms. The molecule has 1 atom stereocenters. The Labute approximate surface area is 183 Å². The molecule has 0 aromatic heterocycles. The Hall–Kier alpha value is -0.790. The third-order valence-corrected chi connectivity index (χ3v) is 5.92. The SMILES string of the molecule is C=C(C)C(=O)OCC(CCCCCCCCCCCCCCCC)CCC(C)C. The number of carbonyl (C=O) groups excluding carboxylic acids is 1. The molecule has 0 heterocycles. The van der Waals surface area contributed by atoms with Crippen molar-refractivity contribution in [2.75, 3.05) is 6.61 Å². The summed E-state index contributed by atoms with van der Waals surface area (Å²) in [5.74, 6) is 0.990. The van der Waals surface area contributed by atoms with Gasteiger partial charge in [-0.15, -0.1) is 0 Å². The average Bonchev–Trinajstić information content (AvgIpc) is 2.69. The van der Waals surface area contributed by atoms with Crippen LogP contribution in [0.3, 0.4) is 0 Å². The highest BCUT2D eigenvalue weighted by Gasteiger charge is 2.13. The summed E-state index contributed by atoms with van der Waals surface area (Å²) in [7, 11) is 0. The lowest BCUT2D eigenvalue weighted by Crippen LogP contribution is -2.15. The van der Waals surface area contributed by atoms with Crippen LogP contribution in [0.5, 0.6) is 0 Å². The van der Waals surface area contributed by atoms with Crippen molar-refractivity contribution in [2.24, 2.45) is 11.8 Å². The smallest absolute Gasteiger partial charge is 0.333 e. The maximum atomic E-state index is 11.7. The summed E-state index contributed by atoms with van der Waals surface area (Å²) in [6.45, 7) is 12.8. The van der Waals surface area contributed by atoms with Crippen LogP contribution in [0, 0.1) is 11.8 Å². The zero-order chi connectivity index (χ0) is 21.7. The second-order valence-electron chi connectivity index (χ2n) is 9.60. The van der Waals surface area contributed by atoms with Crippen molar-refractivity contribution < 1.29 is 9.53 Å². The van der Waals surface area contributed by atoms with E-state index in [1.54, 1.807) is 6.92 Å². The van der Waals surface area contributed by atoms with E-state index in [0.717, 1.165) is 0 Å². The molecule has 0 radical (unpaired) electrons. The summed E-state index contributed by atoms with van der Waals surface area (Å²) < 4.78 is 5.43. The predicted octanol–water partition coefficient (Wildman–Crippen LogP) is 9.03. The Kier molecular flexibility index (Phi) is 19.9. The fourth-order valence-electron chi connectivity index (χ4n) is 3.82. The molecule has 0 aliphatic heterocycles. The summed E-state index contributed by atoms with van der Waals surface area (Å²) >= 11 is 0. The summed E-state index contributed by atoms with van der Waals surface area (Å²) in [5.41, 5.74) is 0.504. The molecule has 172 valence electrons. The molecule has 0 N–H and O–H groups in total. The van der Waals surface area contributed by atoms with Crippen LogP contribution in [0.2, 0.25) is 0 Å². The van der Waals surface area contributed by atoms with Gasteiger partial charge in [-0.1, -0.05) is 124 Å². The maximum absolute atomic E-state index is 11.7. The van der Waals surface area contributed by atoms with Gasteiger partial charge in [0.15, 0.2) is 0 Å². The van der Waals surface area contributed by atoms with Crippen molar-refractivity contribution in [3.63, 3.8) is 0 Å². The number of hydrogen-bond donors (Lipinski definition) is 0. The molecule has 29 heavy (non-hydrogen) atoms. The molecule has 2 heteroatoms. The Balaban J connectivity index is 3.63. The van der Waals surface area contributed by atoms with E-state index in [-0.39, 0.29) is 5.97 Å². The molecule has 2 nitrogen and oxygen atoms in total. The van der Waals surface area contributed by atoms with Crippen molar-refractivity contribution in [1.29, 1.82) is 0 Å². The summed E-state index contributed by atoms with van der Waals surface area (Å²) in [5, 5.41) is 0. The molecule has 0 aliphatic rings. The van der Waals surface area contributed by atoms with Gasteiger partial charge in [0.25, 0.3) is 0 Å². The van der Waals surface area contributed by atoms with Crippen molar-refractivity contribution >= 4 is 5.97 Å². The van der Waals surface area contributed by atoms with E-state index in [9.17, 15) is 4.79 Å². The number of carbonyl (C=O) groups is 1. The first kappa shape index (κ1) is 28.2. The van der Waals surface area contributed by atoms with E-state index in [1.807, 2.05) is 0 Å². The third kappa shape index (κ3) is 20.3. The molecule has 0 aliphatic carbocycles. The van der Waals surface area contributed by atoms with Gasteiger partial charge >= 0.3 is 5.97 Å². The van der Waals surface area contributed by atoms with Crippen molar-refractivity contribution in [2.45, 2.75) is 137 Å². The fourth-order valence-corrected chi connectivity index (χ4v) is 3.82. The van der Waals surface area contributed by atoms with Gasteiger partial charge in [-0.05, 0) is 31.6 Å². The average molecular weight is 409 g/mol. The van der Waals surface area contributed by atoms with Gasteiger partial charge in [0.2, 0.25) is 0 Å². The zero-order valence-electron chi connectivity index (χ0n) is 20.4. The molecule has 0 amide bonds. The largest absolute Gasteiger partial charge is 0.462 e. The highest BCUT2D eigenvalue weighted by atomic mass is 16.5. The van der Waals surface area contributed by atoms with Crippen LogP contribution in [0.1, 0.15) is 137 Å². The van der Waals surface area contributed by atoms with Gasteiger partial charge < -0.3 is 4.74 Å². The van der Waals surface area contributed by atoms with Crippen LogP contribution in [0.4, 0.5) is 0 Å². The minimum absolute atomic E-state index is 0.236. The van der Waals surface area contributed by atoms with E-state index in [1.165, 1.54) is 109 Å². The molecule has 0 saturated heterocycles. The van der Waals surface area contributed by atoms with Crippen molar-refractivity contribution in [1.82, 2.24) is 0 Å². The molecular weight excluding hydrogens is 356 g/mol. The second kappa shape index (κ2) is 20.5. The first-order valence-corrected chi connectivity index (χ1v) is 12.8. The van der Waals surface area contributed by atoms with Gasteiger partial charge in [-0.25, -0.2) is 4.79 Å². The number of esters is 1. The summed E-state index contributed by atoms with van der Waals surface area (Å²) in [6.07, 6.45) is 23.1. The lowest BCUT2D eigenvalue weighted by molar-refractivity contribution is -0.140. The molecule has 0 saturated carbocycles. The van der Waals surface area contributed by atoms with Crippen molar-refractivity contribution in [3.05, 3.63) is 12.2 Å². The lowest BCUT2D eigenvalue weighted by atomic mass is 9.93. The molecule has 0 aromatic carbocycles. The number of unbranched alkanes of at least 4 members (excludes halogenated alkanes) is 13. The lowest BCUT2D eigenvalue weighted by Gasteiger charge is -2.18. The first-order chi connectivity index (χ1) is 14.0. The van der Waals surface area contributed by atoms with Gasteiger partial charge in [0.05, 0.1) is 6.61 Å². The quantitative estimate of drug-likeness (QED) is 0.107. The predicted molar refractivity (Wildman–Crippen MR) is 128 cm³/mol. The maximum Gasteiger partial charge on any atom is 0.333 e. The highest BCUT2D eigenvalue weighted by Crippen LogP contribution is 2.20. The van der Waals surface area contributed by atoms with Crippen LogP contribution >= 0.6 is 0 Å². The normalized spacial score (nSPS) is 12.3. The van der Waals surface area contributed by atoms with Gasteiger partial charge in [0.1, 0.15) is 0 Å². The van der Waals surface area contributed by atoms with Crippen molar-refractivity contribution in [3.8, 4) is 0 Å². The van der Waals surface area contributed by atoms with E-state index in [0.29, 0.717) is 24.0 Å². The standard InChI is InChI=1S/C27H52O2/c1-6-7-8-9-10-11-12-13-14-15-16-17-18-19-20-26(22-21-24(2)3)23-29-27(28)25(4)5/h24,26H,4,6-23H2,1-3,5H3. The fraction of sp³-hybridized carbons (Fsp3) is 0.889. The Morgan fingerprint density at radius 1 is 0.724 bits per heavy atom.